The van der Waals surface area contributed by atoms with Crippen molar-refractivity contribution in [2.24, 2.45) is 0 Å². The van der Waals surface area contributed by atoms with Gasteiger partial charge in [-0.05, 0) is 59.5 Å². The van der Waals surface area contributed by atoms with E-state index in [1.54, 1.807) is 6.07 Å². The van der Waals surface area contributed by atoms with Gasteiger partial charge in [-0.1, -0.05) is 37.5 Å². The Balaban J connectivity index is 1.42. The second kappa shape index (κ2) is 9.36. The third-order valence-electron chi connectivity index (χ3n) is 5.56. The van der Waals surface area contributed by atoms with Gasteiger partial charge < -0.3 is 5.32 Å². The van der Waals surface area contributed by atoms with Crippen molar-refractivity contribution in [3.05, 3.63) is 57.8 Å². The highest BCUT2D eigenvalue weighted by Gasteiger charge is 2.19. The fourth-order valence-electron chi connectivity index (χ4n) is 3.93. The van der Waals surface area contributed by atoms with Crippen LogP contribution in [0.5, 0.6) is 0 Å². The molecule has 1 N–H and O–H groups in total. The lowest BCUT2D eigenvalue weighted by atomic mass is 9.94. The first-order valence-electron chi connectivity index (χ1n) is 10.3. The van der Waals surface area contributed by atoms with E-state index in [2.05, 4.69) is 27.7 Å². The molecule has 1 aliphatic carbocycles. The predicted octanol–water partition coefficient (Wildman–Crippen LogP) is 2.89. The average molecular weight is 427 g/mol. The van der Waals surface area contributed by atoms with Crippen LogP contribution in [0.3, 0.4) is 0 Å². The normalized spacial score (nSPS) is 14.9. The van der Waals surface area contributed by atoms with Crippen LogP contribution in [0.2, 0.25) is 0 Å². The predicted molar refractivity (Wildman–Crippen MR) is 117 cm³/mol. The molecule has 0 spiro atoms. The lowest BCUT2D eigenvalue weighted by Gasteiger charge is -2.31. The van der Waals surface area contributed by atoms with Crippen molar-refractivity contribution in [3.8, 4) is 5.00 Å². The topological polar surface area (TPSA) is 85.1 Å². The number of para-hydroxylation sites is 1. The summed E-state index contributed by atoms with van der Waals surface area (Å²) in [4.78, 5) is 27.5. The number of thiophene rings is 1. The molecule has 2 heterocycles. The molecule has 1 saturated carbocycles. The molecule has 1 fully saturated rings. The Bertz CT molecular complexity index is 1040. The number of nitrogens with zero attached hydrogens (tertiary/aromatic N) is 5. The average Bonchev–Trinajstić information content (AvgIpc) is 3.40. The van der Waals surface area contributed by atoms with Gasteiger partial charge >= 0.3 is 5.69 Å². The number of hydrogen-bond acceptors (Lipinski definition) is 6. The van der Waals surface area contributed by atoms with Crippen LogP contribution in [-0.4, -0.2) is 43.7 Å². The maximum Gasteiger partial charge on any atom is 0.369 e. The first kappa shape index (κ1) is 20.5. The fourth-order valence-corrected chi connectivity index (χ4v) is 4.60. The lowest BCUT2D eigenvalue weighted by Crippen LogP contribution is -2.33. The summed E-state index contributed by atoms with van der Waals surface area (Å²) in [5.74, 6) is -0.303. The monoisotopic (exact) mass is 426 g/mol. The highest BCUT2D eigenvalue weighted by atomic mass is 32.1. The van der Waals surface area contributed by atoms with E-state index in [0.29, 0.717) is 11.0 Å². The SMILES string of the molecule is CN(Cc1ccccc1NC(=O)Cn1nnn(-c2cccs2)c1=O)C1CCCCC1. The van der Waals surface area contributed by atoms with Crippen LogP contribution in [0.1, 0.15) is 37.7 Å². The maximum absolute atomic E-state index is 12.6. The number of tetrazole rings is 1. The number of nitrogens with one attached hydrogen (secondary N) is 1. The Morgan fingerprint density at radius 1 is 1.17 bits per heavy atom. The molecule has 1 aliphatic rings. The Morgan fingerprint density at radius 2 is 1.97 bits per heavy atom. The van der Waals surface area contributed by atoms with Crippen LogP contribution >= 0.6 is 11.3 Å². The number of carbonyl (C=O) groups excluding carboxylic acids is 1. The molecule has 0 atom stereocenters. The Labute approximate surface area is 179 Å². The summed E-state index contributed by atoms with van der Waals surface area (Å²) in [7, 11) is 2.15. The fraction of sp³-hybridized carbons (Fsp3) is 0.429. The van der Waals surface area contributed by atoms with Crippen molar-refractivity contribution in [1.82, 2.24) is 24.7 Å². The molecule has 0 unspecified atom stereocenters. The zero-order valence-corrected chi connectivity index (χ0v) is 17.8. The smallest absolute Gasteiger partial charge is 0.324 e. The van der Waals surface area contributed by atoms with Gasteiger partial charge in [-0.3, -0.25) is 9.69 Å². The molecule has 1 amide bonds. The van der Waals surface area contributed by atoms with Gasteiger partial charge in [0, 0.05) is 18.3 Å². The zero-order valence-electron chi connectivity index (χ0n) is 17.0. The van der Waals surface area contributed by atoms with Crippen molar-refractivity contribution >= 4 is 22.9 Å². The third kappa shape index (κ3) is 4.68. The maximum atomic E-state index is 12.6. The molecular weight excluding hydrogens is 400 g/mol. The van der Waals surface area contributed by atoms with Crippen LogP contribution in [0.4, 0.5) is 5.69 Å². The molecule has 0 saturated heterocycles. The molecule has 9 heteroatoms. The van der Waals surface area contributed by atoms with Gasteiger partial charge in [0.25, 0.3) is 0 Å². The zero-order chi connectivity index (χ0) is 20.9. The molecule has 3 aromatic rings. The molecule has 2 aromatic heterocycles. The van der Waals surface area contributed by atoms with E-state index in [1.807, 2.05) is 35.7 Å². The van der Waals surface area contributed by atoms with Crippen LogP contribution in [0.25, 0.3) is 5.00 Å². The molecule has 158 valence electrons. The van der Waals surface area contributed by atoms with E-state index in [9.17, 15) is 9.59 Å². The molecule has 0 aliphatic heterocycles. The number of rotatable bonds is 7. The van der Waals surface area contributed by atoms with Crippen LogP contribution < -0.4 is 11.0 Å². The van der Waals surface area contributed by atoms with Crippen LogP contribution in [-0.2, 0) is 17.9 Å². The minimum Gasteiger partial charge on any atom is -0.324 e. The molecule has 0 bridgehead atoms. The quantitative estimate of drug-likeness (QED) is 0.628. The molecule has 0 radical (unpaired) electrons. The Morgan fingerprint density at radius 3 is 2.73 bits per heavy atom. The first-order chi connectivity index (χ1) is 14.6. The Kier molecular flexibility index (Phi) is 6.39. The van der Waals surface area contributed by atoms with Crippen molar-refractivity contribution in [3.63, 3.8) is 0 Å². The first-order valence-corrected chi connectivity index (χ1v) is 11.1. The molecule has 4 rings (SSSR count). The van der Waals surface area contributed by atoms with Gasteiger partial charge in [-0.2, -0.15) is 9.36 Å². The number of amides is 1. The summed E-state index contributed by atoms with van der Waals surface area (Å²) >= 11 is 1.39. The van der Waals surface area contributed by atoms with Gasteiger partial charge in [0.05, 0.1) is 0 Å². The largest absolute Gasteiger partial charge is 0.369 e. The van der Waals surface area contributed by atoms with Crippen LogP contribution in [0.15, 0.2) is 46.6 Å². The summed E-state index contributed by atoms with van der Waals surface area (Å²) in [6, 6.07) is 12.0. The summed E-state index contributed by atoms with van der Waals surface area (Å²) in [5, 5.41) is 13.2. The minimum absolute atomic E-state index is 0.184. The van der Waals surface area contributed by atoms with Crippen molar-refractivity contribution < 1.29 is 4.79 Å². The number of hydrogen-bond donors (Lipinski definition) is 1. The highest BCUT2D eigenvalue weighted by molar-refractivity contribution is 7.12. The number of benzene rings is 1. The van der Waals surface area contributed by atoms with Crippen molar-refractivity contribution in [1.29, 1.82) is 0 Å². The van der Waals surface area contributed by atoms with Gasteiger partial charge in [0.15, 0.2) is 0 Å². The van der Waals surface area contributed by atoms with Crippen LogP contribution in [0, 0.1) is 0 Å². The van der Waals surface area contributed by atoms with E-state index in [-0.39, 0.29) is 12.5 Å². The third-order valence-corrected chi connectivity index (χ3v) is 6.40. The van der Waals surface area contributed by atoms with Crippen molar-refractivity contribution in [2.75, 3.05) is 12.4 Å². The standard InChI is InChI=1S/C21H26N6O2S/c1-25(17-9-3-2-4-10-17)14-16-8-5-6-11-18(16)22-19(28)15-26-21(29)27(24-23-26)20-12-7-13-30-20/h5-8,11-13,17H,2-4,9-10,14-15H2,1H3,(H,22,28). The number of anilines is 1. The van der Waals surface area contributed by atoms with E-state index < -0.39 is 5.69 Å². The molecule has 30 heavy (non-hydrogen) atoms. The molecule has 1 aromatic carbocycles. The second-order valence-corrected chi connectivity index (χ2v) is 8.62. The molecule has 8 nitrogen and oxygen atoms in total. The number of carbonyl (C=O) groups is 1. The van der Waals surface area contributed by atoms with Crippen molar-refractivity contribution in [2.45, 2.75) is 51.2 Å². The van der Waals surface area contributed by atoms with Gasteiger partial charge in [0.1, 0.15) is 11.5 Å². The van der Waals surface area contributed by atoms with E-state index in [1.165, 1.54) is 48.1 Å². The number of aromatic nitrogens is 4. The van der Waals surface area contributed by atoms with Gasteiger partial charge in [-0.15, -0.1) is 11.3 Å². The van der Waals surface area contributed by atoms with E-state index >= 15 is 0 Å². The minimum atomic E-state index is -0.432. The van der Waals surface area contributed by atoms with Gasteiger partial charge in [0.2, 0.25) is 5.91 Å². The lowest BCUT2D eigenvalue weighted by molar-refractivity contribution is -0.117. The highest BCUT2D eigenvalue weighted by Crippen LogP contribution is 2.25. The summed E-state index contributed by atoms with van der Waals surface area (Å²) in [5.41, 5.74) is 1.40. The molecular formula is C21H26N6O2S. The summed E-state index contributed by atoms with van der Waals surface area (Å²) in [6.07, 6.45) is 6.36. The van der Waals surface area contributed by atoms with E-state index in [4.69, 9.17) is 0 Å². The summed E-state index contributed by atoms with van der Waals surface area (Å²) in [6.45, 7) is 0.590. The second-order valence-electron chi connectivity index (χ2n) is 7.69. The van der Waals surface area contributed by atoms with E-state index in [0.717, 1.165) is 22.5 Å². The Hall–Kier alpha value is -2.78. The van der Waals surface area contributed by atoms with Gasteiger partial charge in [-0.25, -0.2) is 4.79 Å². The summed E-state index contributed by atoms with van der Waals surface area (Å²) < 4.78 is 2.27.